The van der Waals surface area contributed by atoms with Crippen molar-refractivity contribution in [3.8, 4) is 5.75 Å². The van der Waals surface area contributed by atoms with Crippen LogP contribution in [0.3, 0.4) is 0 Å². The molecular weight excluding hydrogens is 285 g/mol. The Bertz CT molecular complexity index is 494. The molecule has 0 fully saturated rings. The lowest BCUT2D eigenvalue weighted by molar-refractivity contribution is -0.360. The molecule has 0 aliphatic carbocycles. The summed E-state index contributed by atoms with van der Waals surface area (Å²) in [6.45, 7) is 0. The highest BCUT2D eigenvalue weighted by Gasteiger charge is 2.61. The molecule has 0 aromatic heterocycles. The van der Waals surface area contributed by atoms with Crippen LogP contribution in [0, 0.1) is 0 Å². The van der Waals surface area contributed by atoms with Gasteiger partial charge in [-0.15, -0.1) is 0 Å². The number of hydrogen-bond donors (Lipinski definition) is 1. The number of carbonyl (C=O) groups excluding carboxylic acids is 1. The summed E-state index contributed by atoms with van der Waals surface area (Å²) in [7, 11) is 0. The lowest BCUT2D eigenvalue weighted by Crippen LogP contribution is -2.41. The van der Waals surface area contributed by atoms with E-state index in [1.54, 1.807) is 0 Å². The fourth-order valence-electron chi connectivity index (χ4n) is 1.16. The third-order valence-corrected chi connectivity index (χ3v) is 2.09. The molecule has 0 saturated carbocycles. The van der Waals surface area contributed by atoms with Crippen molar-refractivity contribution in [1.82, 2.24) is 0 Å². The van der Waals surface area contributed by atoms with Gasteiger partial charge in [0.2, 0.25) is 5.91 Å². The molecule has 0 heterocycles. The number of primary amides is 1. The molecule has 0 unspecified atom stereocenters. The fourth-order valence-corrected chi connectivity index (χ4v) is 1.16. The summed E-state index contributed by atoms with van der Waals surface area (Å²) in [5.41, 5.74) is 5.39. The molecule has 1 rings (SSSR count). The molecule has 110 valence electrons. The van der Waals surface area contributed by atoms with Crippen molar-refractivity contribution in [2.45, 2.75) is 18.7 Å². The van der Waals surface area contributed by atoms with E-state index in [4.69, 9.17) is 5.73 Å². The Labute approximate surface area is 110 Å². The Kier molecular flexibility index (Phi) is 4.69. The minimum Gasteiger partial charge on any atom is -0.426 e. The maximum Gasteiger partial charge on any atom is 0.499 e. The standard InChI is InChI=1S/C12H10F5NO2/c13-11(14,15)12(16,17)20-9-6-4-8(5-7-9)2-1-3-10(18)19/h1-2,4-7H,3H2,(H2,18,19). The number of amides is 1. The van der Waals surface area contributed by atoms with Gasteiger partial charge in [0.1, 0.15) is 5.75 Å². The van der Waals surface area contributed by atoms with Crippen LogP contribution in [0.5, 0.6) is 5.75 Å². The van der Waals surface area contributed by atoms with Gasteiger partial charge in [-0.3, -0.25) is 4.79 Å². The van der Waals surface area contributed by atoms with Gasteiger partial charge < -0.3 is 10.5 Å². The zero-order valence-corrected chi connectivity index (χ0v) is 9.95. The van der Waals surface area contributed by atoms with E-state index in [9.17, 15) is 26.7 Å². The van der Waals surface area contributed by atoms with Crippen molar-refractivity contribution in [3.63, 3.8) is 0 Å². The first-order valence-corrected chi connectivity index (χ1v) is 5.30. The van der Waals surface area contributed by atoms with Crippen LogP contribution >= 0.6 is 0 Å². The van der Waals surface area contributed by atoms with Crippen LogP contribution in [0.25, 0.3) is 6.08 Å². The van der Waals surface area contributed by atoms with Crippen LogP contribution in [-0.2, 0) is 4.79 Å². The van der Waals surface area contributed by atoms with Crippen LogP contribution in [0.15, 0.2) is 30.3 Å². The molecule has 20 heavy (non-hydrogen) atoms. The lowest BCUT2D eigenvalue weighted by Gasteiger charge is -2.20. The predicted molar refractivity (Wildman–Crippen MR) is 60.9 cm³/mol. The Morgan fingerprint density at radius 1 is 1.15 bits per heavy atom. The second-order valence-electron chi connectivity index (χ2n) is 3.76. The van der Waals surface area contributed by atoms with Gasteiger partial charge in [-0.2, -0.15) is 22.0 Å². The van der Waals surface area contributed by atoms with Gasteiger partial charge in [-0.05, 0) is 17.7 Å². The number of hydrogen-bond acceptors (Lipinski definition) is 2. The number of alkyl halides is 5. The third-order valence-electron chi connectivity index (χ3n) is 2.09. The molecule has 0 aliphatic rings. The van der Waals surface area contributed by atoms with E-state index >= 15 is 0 Å². The molecule has 3 nitrogen and oxygen atoms in total. The fraction of sp³-hybridized carbons (Fsp3) is 0.250. The van der Waals surface area contributed by atoms with Crippen LogP contribution in [0.1, 0.15) is 12.0 Å². The quantitative estimate of drug-likeness (QED) is 0.849. The number of nitrogens with two attached hydrogens (primary N) is 1. The molecule has 1 amide bonds. The van der Waals surface area contributed by atoms with Crippen molar-refractivity contribution >= 4 is 12.0 Å². The number of ether oxygens (including phenoxy) is 1. The molecule has 0 aliphatic heterocycles. The molecule has 0 spiro atoms. The summed E-state index contributed by atoms with van der Waals surface area (Å²) in [5.74, 6) is -1.18. The van der Waals surface area contributed by atoms with E-state index in [1.165, 1.54) is 24.3 Å². The molecule has 8 heteroatoms. The minimum atomic E-state index is -5.78. The smallest absolute Gasteiger partial charge is 0.426 e. The van der Waals surface area contributed by atoms with Crippen molar-refractivity contribution < 1.29 is 31.5 Å². The number of carbonyl (C=O) groups is 1. The Balaban J connectivity index is 2.72. The highest BCUT2D eigenvalue weighted by atomic mass is 19.4. The number of halogens is 5. The minimum absolute atomic E-state index is 0.00953. The van der Waals surface area contributed by atoms with Crippen molar-refractivity contribution in [1.29, 1.82) is 0 Å². The highest BCUT2D eigenvalue weighted by Crippen LogP contribution is 2.37. The molecule has 1 aromatic rings. The maximum absolute atomic E-state index is 12.6. The largest absolute Gasteiger partial charge is 0.499 e. The molecule has 0 atom stereocenters. The summed E-state index contributed by atoms with van der Waals surface area (Å²) >= 11 is 0. The van der Waals surface area contributed by atoms with Gasteiger partial charge in [0.15, 0.2) is 0 Å². The molecule has 0 bridgehead atoms. The third kappa shape index (κ3) is 4.52. The van der Waals surface area contributed by atoms with Gasteiger partial charge in [-0.25, -0.2) is 0 Å². The molecule has 0 saturated heterocycles. The predicted octanol–water partition coefficient (Wildman–Crippen LogP) is 3.11. The summed E-state index contributed by atoms with van der Waals surface area (Å²) < 4.78 is 64.5. The Morgan fingerprint density at radius 2 is 1.70 bits per heavy atom. The number of benzene rings is 1. The van der Waals surface area contributed by atoms with E-state index in [2.05, 4.69) is 4.74 Å². The average Bonchev–Trinajstić information content (AvgIpc) is 2.29. The Morgan fingerprint density at radius 3 is 2.15 bits per heavy atom. The van der Waals surface area contributed by atoms with Crippen LogP contribution in [0.2, 0.25) is 0 Å². The average molecular weight is 295 g/mol. The monoisotopic (exact) mass is 295 g/mol. The zero-order valence-electron chi connectivity index (χ0n) is 9.95. The van der Waals surface area contributed by atoms with E-state index in [0.717, 1.165) is 12.1 Å². The SMILES string of the molecule is NC(=O)CC=Cc1ccc(OC(F)(F)C(F)(F)F)cc1. The van der Waals surface area contributed by atoms with Crippen molar-refractivity contribution in [3.05, 3.63) is 35.9 Å². The van der Waals surface area contributed by atoms with Crippen LogP contribution in [0.4, 0.5) is 22.0 Å². The van der Waals surface area contributed by atoms with E-state index in [-0.39, 0.29) is 6.42 Å². The first-order chi connectivity index (χ1) is 9.12. The molecule has 0 radical (unpaired) electrons. The van der Waals surface area contributed by atoms with E-state index < -0.39 is 23.9 Å². The zero-order chi connectivity index (χ0) is 15.4. The van der Waals surface area contributed by atoms with E-state index in [0.29, 0.717) is 5.56 Å². The molecular formula is C12H10F5NO2. The first kappa shape index (κ1) is 15.9. The normalized spacial score (nSPS) is 12.7. The van der Waals surface area contributed by atoms with Crippen LogP contribution < -0.4 is 10.5 Å². The van der Waals surface area contributed by atoms with Gasteiger partial charge in [-0.1, -0.05) is 24.3 Å². The summed E-state index contributed by atoms with van der Waals surface area (Å²) in [4.78, 5) is 10.5. The van der Waals surface area contributed by atoms with Crippen LogP contribution in [-0.4, -0.2) is 18.2 Å². The van der Waals surface area contributed by atoms with Gasteiger partial charge in [0, 0.05) is 6.42 Å². The van der Waals surface area contributed by atoms with Gasteiger partial charge >= 0.3 is 12.3 Å². The highest BCUT2D eigenvalue weighted by molar-refractivity contribution is 5.76. The summed E-state index contributed by atoms with van der Waals surface area (Å²) in [6, 6.07) is 4.45. The lowest BCUT2D eigenvalue weighted by atomic mass is 10.2. The topological polar surface area (TPSA) is 52.3 Å². The molecule has 1 aromatic carbocycles. The second-order valence-corrected chi connectivity index (χ2v) is 3.76. The van der Waals surface area contributed by atoms with Gasteiger partial charge in [0.25, 0.3) is 0 Å². The van der Waals surface area contributed by atoms with E-state index in [1.807, 2.05) is 0 Å². The summed E-state index contributed by atoms with van der Waals surface area (Å²) in [6.07, 6.45) is -8.15. The van der Waals surface area contributed by atoms with Crippen molar-refractivity contribution in [2.75, 3.05) is 0 Å². The maximum atomic E-state index is 12.6. The second kappa shape index (κ2) is 5.89. The first-order valence-electron chi connectivity index (χ1n) is 5.30. The molecule has 2 N–H and O–H groups in total. The summed E-state index contributed by atoms with van der Waals surface area (Å²) in [5, 5.41) is 0. The Hall–Kier alpha value is -2.12. The van der Waals surface area contributed by atoms with Gasteiger partial charge in [0.05, 0.1) is 0 Å². The number of rotatable bonds is 5. The van der Waals surface area contributed by atoms with Crippen molar-refractivity contribution in [2.24, 2.45) is 5.73 Å².